The molecule has 0 aromatic heterocycles. The number of benzene rings is 1. The van der Waals surface area contributed by atoms with Crippen molar-refractivity contribution in [1.82, 2.24) is 20.9 Å². The maximum Gasteiger partial charge on any atom is 0.408 e. The molecule has 2 aliphatic carbocycles. The Kier molecular flexibility index (Phi) is 12.0. The van der Waals surface area contributed by atoms with Crippen LogP contribution in [0.3, 0.4) is 0 Å². The Balaban J connectivity index is 1.49. The van der Waals surface area contributed by atoms with Gasteiger partial charge in [0.05, 0.1) is 16.7 Å². The van der Waals surface area contributed by atoms with Gasteiger partial charge in [0, 0.05) is 13.1 Å². The smallest absolute Gasteiger partial charge is 0.408 e. The van der Waals surface area contributed by atoms with E-state index < -0.39 is 63.0 Å². The van der Waals surface area contributed by atoms with Gasteiger partial charge < -0.3 is 25.6 Å². The van der Waals surface area contributed by atoms with Crippen molar-refractivity contribution in [2.45, 2.75) is 108 Å². The summed E-state index contributed by atoms with van der Waals surface area (Å²) >= 11 is 0. The number of carbonyl (C=O) groups excluding carboxylic acids is 5. The van der Waals surface area contributed by atoms with Gasteiger partial charge in [0.25, 0.3) is 5.91 Å². The van der Waals surface area contributed by atoms with Crippen LogP contribution in [-0.4, -0.2) is 85.5 Å². The van der Waals surface area contributed by atoms with Crippen LogP contribution in [0.5, 0.6) is 0 Å². The Morgan fingerprint density at radius 1 is 1.04 bits per heavy atom. The highest BCUT2D eigenvalue weighted by Gasteiger charge is 2.69. The fourth-order valence-electron chi connectivity index (χ4n) is 7.38. The average molecular weight is 701 g/mol. The molecule has 1 saturated heterocycles. The molecule has 3 aliphatic rings. The number of piperidine rings is 1. The third-order valence-corrected chi connectivity index (χ3v) is 11.8. The zero-order valence-electron chi connectivity index (χ0n) is 29.3. The van der Waals surface area contributed by atoms with E-state index in [0.717, 1.165) is 32.1 Å². The number of ketones is 1. The predicted molar refractivity (Wildman–Crippen MR) is 184 cm³/mol. The molecular formula is C36H52N4O8S. The summed E-state index contributed by atoms with van der Waals surface area (Å²) < 4.78 is 30.8. The van der Waals surface area contributed by atoms with E-state index in [1.165, 1.54) is 17.0 Å². The van der Waals surface area contributed by atoms with Gasteiger partial charge in [-0.2, -0.15) is 0 Å². The molecule has 5 atom stereocenters. The van der Waals surface area contributed by atoms with E-state index in [0.29, 0.717) is 13.0 Å². The first-order chi connectivity index (χ1) is 23.0. The van der Waals surface area contributed by atoms with Gasteiger partial charge >= 0.3 is 6.09 Å². The summed E-state index contributed by atoms with van der Waals surface area (Å²) in [4.78, 5) is 69.3. The average Bonchev–Trinajstić information content (AvgIpc) is 3.35. The summed E-state index contributed by atoms with van der Waals surface area (Å²) in [6, 6.07) is 4.80. The third kappa shape index (κ3) is 9.29. The molecular weight excluding hydrogens is 648 g/mol. The summed E-state index contributed by atoms with van der Waals surface area (Å²) in [5.74, 6) is -3.47. The Bertz CT molecular complexity index is 1510. The van der Waals surface area contributed by atoms with Crippen LogP contribution in [0.4, 0.5) is 4.79 Å². The number of nitrogens with one attached hydrogen (secondary N) is 3. The van der Waals surface area contributed by atoms with Crippen LogP contribution in [0.2, 0.25) is 0 Å². The van der Waals surface area contributed by atoms with Gasteiger partial charge in [0.15, 0.2) is 9.84 Å². The van der Waals surface area contributed by atoms with Gasteiger partial charge in [-0.1, -0.05) is 57.4 Å². The molecule has 0 bridgehead atoms. The molecule has 1 aromatic rings. The van der Waals surface area contributed by atoms with E-state index in [-0.39, 0.29) is 46.9 Å². The number of nitrogens with zero attached hydrogens (tertiary/aromatic N) is 1. The number of rotatable bonds is 14. The first-order valence-corrected chi connectivity index (χ1v) is 18.9. The van der Waals surface area contributed by atoms with Crippen LogP contribution in [0, 0.1) is 23.2 Å². The van der Waals surface area contributed by atoms with E-state index in [4.69, 9.17) is 4.74 Å². The highest BCUT2D eigenvalue weighted by molar-refractivity contribution is 7.91. The molecule has 270 valence electrons. The lowest BCUT2D eigenvalue weighted by Crippen LogP contribution is -2.60. The molecule has 0 spiro atoms. The molecule has 3 N–H and O–H groups in total. The first-order valence-electron chi connectivity index (χ1n) is 17.3. The van der Waals surface area contributed by atoms with Crippen LogP contribution in [0.15, 0.2) is 47.9 Å². The number of alkyl carbamates (subject to hydrolysis) is 1. The van der Waals surface area contributed by atoms with Crippen LogP contribution in [0.1, 0.15) is 79.6 Å². The molecule has 1 aliphatic heterocycles. The maximum absolute atomic E-state index is 14.3. The van der Waals surface area contributed by atoms with Gasteiger partial charge in [-0.25, -0.2) is 13.2 Å². The van der Waals surface area contributed by atoms with E-state index in [9.17, 15) is 32.4 Å². The summed E-state index contributed by atoms with van der Waals surface area (Å²) in [5.41, 5.74) is -0.985. The first kappa shape index (κ1) is 38.1. The summed E-state index contributed by atoms with van der Waals surface area (Å²) in [6.45, 7) is 13.1. The predicted octanol–water partition coefficient (Wildman–Crippen LogP) is 3.55. The van der Waals surface area contributed by atoms with Crippen molar-refractivity contribution < 1.29 is 37.1 Å². The lowest BCUT2D eigenvalue weighted by molar-refractivity contribution is -0.145. The number of allylic oxidation sites excluding steroid dienone is 1. The summed E-state index contributed by atoms with van der Waals surface area (Å²) in [7, 11) is -3.69. The van der Waals surface area contributed by atoms with Crippen molar-refractivity contribution in [3.8, 4) is 0 Å². The molecule has 13 heteroatoms. The van der Waals surface area contributed by atoms with Crippen LogP contribution in [-0.2, 0) is 33.8 Å². The number of likely N-dealkylation sites (tertiary alicyclic amines) is 1. The number of sulfone groups is 1. The Hall–Kier alpha value is -3.74. The van der Waals surface area contributed by atoms with Crippen molar-refractivity contribution in [2.75, 3.05) is 18.8 Å². The van der Waals surface area contributed by atoms with E-state index in [1.807, 2.05) is 13.8 Å². The zero-order chi connectivity index (χ0) is 36.1. The monoisotopic (exact) mass is 700 g/mol. The standard InChI is InChI=1S/C36H52N4O8S/c1-7-8-19-26(30(41)32(43)37-20-21-49(46,47)24-17-13-10-14-18-24)38-31(42)29-27-25(36(27,5)6)22-40(29)33(44)28(23-15-11-9-12-16-23)39-34(45)48-35(2,3)4/h7,10,13-14,17-18,23,25-29H,1,8-9,11-12,15-16,19-22H2,2-6H3,(H,37,43)(H,38,42)(H,39,45). The minimum absolute atomic E-state index is 0.0536. The van der Waals surface area contributed by atoms with Gasteiger partial charge in [0.2, 0.25) is 17.6 Å². The summed E-state index contributed by atoms with van der Waals surface area (Å²) in [6.07, 6.45) is 5.71. The van der Waals surface area contributed by atoms with Crippen LogP contribution >= 0.6 is 0 Å². The number of amides is 4. The van der Waals surface area contributed by atoms with Crippen molar-refractivity contribution in [3.63, 3.8) is 0 Å². The van der Waals surface area contributed by atoms with Gasteiger partial charge in [0.1, 0.15) is 17.7 Å². The SMILES string of the molecule is C=CCCC(NC(=O)C1C2C(CN1C(=O)C(NC(=O)OC(C)(C)C)C1CCCCC1)C2(C)C)C(=O)C(=O)NCCS(=O)(=O)c1ccccc1. The molecule has 2 saturated carbocycles. The molecule has 3 fully saturated rings. The number of hydrogen-bond donors (Lipinski definition) is 3. The van der Waals surface area contributed by atoms with Crippen molar-refractivity contribution in [3.05, 3.63) is 43.0 Å². The normalized spacial score (nSPS) is 23.0. The molecule has 12 nitrogen and oxygen atoms in total. The number of ether oxygens (including phenoxy) is 1. The van der Waals surface area contributed by atoms with Gasteiger partial charge in [-0.15, -0.1) is 6.58 Å². The highest BCUT2D eigenvalue weighted by atomic mass is 32.2. The van der Waals surface area contributed by atoms with E-state index in [2.05, 4.69) is 22.5 Å². The van der Waals surface area contributed by atoms with Crippen LogP contribution in [0.25, 0.3) is 0 Å². The van der Waals surface area contributed by atoms with Crippen molar-refractivity contribution in [2.24, 2.45) is 23.2 Å². The van der Waals surface area contributed by atoms with E-state index >= 15 is 0 Å². The lowest BCUT2D eigenvalue weighted by Gasteiger charge is -2.37. The molecule has 1 heterocycles. The number of Topliss-reactive ketones (excluding diaryl/α,β-unsaturated/α-hetero) is 1. The number of hydrogen-bond acceptors (Lipinski definition) is 8. The molecule has 5 unspecified atom stereocenters. The topological polar surface area (TPSA) is 168 Å². The zero-order valence-corrected chi connectivity index (χ0v) is 30.1. The second-order valence-corrected chi connectivity index (χ2v) is 17.2. The molecule has 1 aromatic carbocycles. The van der Waals surface area contributed by atoms with E-state index in [1.54, 1.807) is 45.0 Å². The maximum atomic E-state index is 14.3. The Morgan fingerprint density at radius 3 is 2.31 bits per heavy atom. The summed E-state index contributed by atoms with van der Waals surface area (Å²) in [5, 5.41) is 7.97. The minimum Gasteiger partial charge on any atom is -0.444 e. The molecule has 0 radical (unpaired) electrons. The largest absolute Gasteiger partial charge is 0.444 e. The quantitative estimate of drug-likeness (QED) is 0.196. The molecule has 49 heavy (non-hydrogen) atoms. The molecule has 4 rings (SSSR count). The highest BCUT2D eigenvalue weighted by Crippen LogP contribution is 2.65. The van der Waals surface area contributed by atoms with Crippen molar-refractivity contribution >= 4 is 39.4 Å². The Labute approximate surface area is 290 Å². The Morgan fingerprint density at radius 2 is 1.69 bits per heavy atom. The second-order valence-electron chi connectivity index (χ2n) is 15.1. The number of carbonyl (C=O) groups is 5. The van der Waals surface area contributed by atoms with Gasteiger partial charge in [-0.05, 0) is 81.8 Å². The minimum atomic E-state index is -3.69. The third-order valence-electron chi connectivity index (χ3n) is 10.1. The number of fused-ring (bicyclic) bond motifs is 1. The second kappa shape index (κ2) is 15.4. The fraction of sp³-hybridized carbons (Fsp3) is 0.639. The van der Waals surface area contributed by atoms with Crippen molar-refractivity contribution in [1.29, 1.82) is 0 Å². The molecule has 4 amide bonds. The lowest BCUT2D eigenvalue weighted by atomic mass is 9.83. The fourth-order valence-corrected chi connectivity index (χ4v) is 8.55. The van der Waals surface area contributed by atoms with Crippen LogP contribution < -0.4 is 16.0 Å². The van der Waals surface area contributed by atoms with Gasteiger partial charge in [-0.3, -0.25) is 19.2 Å².